The van der Waals surface area contributed by atoms with Crippen molar-refractivity contribution >= 4 is 17.8 Å². The normalized spacial score (nSPS) is 22.5. The summed E-state index contributed by atoms with van der Waals surface area (Å²) in [4.78, 5) is 43.3. The van der Waals surface area contributed by atoms with Crippen LogP contribution in [-0.4, -0.2) is 97.6 Å². The molecule has 3 rings (SSSR count). The minimum Gasteiger partial charge on any atom is -0.466 e. The quantitative estimate of drug-likeness (QED) is 0.581. The molecule has 3 fully saturated rings. The molecule has 0 aromatic rings. The van der Waals surface area contributed by atoms with Gasteiger partial charge in [-0.2, -0.15) is 0 Å². The summed E-state index contributed by atoms with van der Waals surface area (Å²) in [7, 11) is 0. The van der Waals surface area contributed by atoms with E-state index in [1.165, 1.54) is 12.8 Å². The van der Waals surface area contributed by atoms with Crippen LogP contribution < -0.4 is 0 Å². The lowest BCUT2D eigenvalue weighted by Gasteiger charge is -2.43. The van der Waals surface area contributed by atoms with Crippen LogP contribution in [0.5, 0.6) is 0 Å². The van der Waals surface area contributed by atoms with E-state index in [0.717, 1.165) is 12.8 Å². The Kier molecular flexibility index (Phi) is 8.29. The average molecular weight is 410 g/mol. The molecule has 0 aromatic heterocycles. The number of esters is 1. The van der Waals surface area contributed by atoms with Crippen molar-refractivity contribution < 1.29 is 23.9 Å². The molecule has 2 aliphatic heterocycles. The Morgan fingerprint density at radius 3 is 2.21 bits per heavy atom. The van der Waals surface area contributed by atoms with Gasteiger partial charge < -0.3 is 19.3 Å². The van der Waals surface area contributed by atoms with Gasteiger partial charge in [0.1, 0.15) is 0 Å². The molecule has 1 atom stereocenters. The number of carbonyl (C=O) groups excluding carboxylic acids is 3. The second kappa shape index (κ2) is 10.9. The first kappa shape index (κ1) is 22.0. The maximum atomic E-state index is 13.3. The van der Waals surface area contributed by atoms with E-state index >= 15 is 0 Å². The lowest BCUT2D eigenvalue weighted by atomic mass is 9.94. The van der Waals surface area contributed by atoms with Gasteiger partial charge in [-0.1, -0.05) is 12.8 Å². The summed E-state index contributed by atoms with van der Waals surface area (Å²) in [5.74, 6) is 0.324. The molecule has 8 heteroatoms. The number of rotatable bonds is 7. The molecule has 0 bridgehead atoms. The molecule has 2 amide bonds. The number of ether oxygens (including phenoxy) is 2. The lowest BCUT2D eigenvalue weighted by Crippen LogP contribution is -2.59. The molecule has 1 aliphatic carbocycles. The third-order valence-electron chi connectivity index (χ3n) is 6.33. The zero-order valence-electron chi connectivity index (χ0n) is 17.6. The highest BCUT2D eigenvalue weighted by Crippen LogP contribution is 2.32. The maximum Gasteiger partial charge on any atom is 0.306 e. The molecule has 0 aromatic carbocycles. The van der Waals surface area contributed by atoms with Crippen molar-refractivity contribution in [2.75, 3.05) is 59.1 Å². The predicted octanol–water partition coefficient (Wildman–Crippen LogP) is 0.892. The lowest BCUT2D eigenvalue weighted by molar-refractivity contribution is -0.148. The van der Waals surface area contributed by atoms with Gasteiger partial charge in [0, 0.05) is 45.7 Å². The van der Waals surface area contributed by atoms with E-state index in [1.807, 2.05) is 9.80 Å². The number of morpholine rings is 1. The van der Waals surface area contributed by atoms with Crippen molar-refractivity contribution in [3.63, 3.8) is 0 Å². The molecule has 0 radical (unpaired) electrons. The van der Waals surface area contributed by atoms with Crippen molar-refractivity contribution in [3.05, 3.63) is 0 Å². The molecule has 1 saturated carbocycles. The van der Waals surface area contributed by atoms with Gasteiger partial charge in [0.05, 0.1) is 32.3 Å². The van der Waals surface area contributed by atoms with Crippen molar-refractivity contribution in [3.8, 4) is 0 Å². The Morgan fingerprint density at radius 1 is 0.931 bits per heavy atom. The first-order chi connectivity index (χ1) is 14.1. The van der Waals surface area contributed by atoms with Crippen molar-refractivity contribution in [1.29, 1.82) is 0 Å². The second-order valence-corrected chi connectivity index (χ2v) is 8.15. The highest BCUT2D eigenvalue weighted by atomic mass is 16.5. The highest BCUT2D eigenvalue weighted by Gasteiger charge is 2.39. The molecule has 3 aliphatic rings. The zero-order chi connectivity index (χ0) is 20.6. The molecule has 8 nitrogen and oxygen atoms in total. The standard InChI is InChI=1S/C21H35N3O5/c1-2-29-19(26)8-7-18(25)22-9-11-23(12-10-22)20(17-5-3-4-6-17)21(27)24-13-15-28-16-14-24/h17,20H,2-16H2,1H3/t20-/m1/s1. The molecule has 164 valence electrons. The van der Waals surface area contributed by atoms with Crippen LogP contribution in [0.15, 0.2) is 0 Å². The third-order valence-corrected chi connectivity index (χ3v) is 6.33. The Balaban J connectivity index is 1.54. The molecule has 0 spiro atoms. The fraction of sp³-hybridized carbons (Fsp3) is 0.857. The Bertz CT molecular complexity index is 565. The second-order valence-electron chi connectivity index (χ2n) is 8.15. The van der Waals surface area contributed by atoms with Crippen LogP contribution in [0, 0.1) is 5.92 Å². The topological polar surface area (TPSA) is 79.4 Å². The SMILES string of the molecule is CCOC(=O)CCC(=O)N1CCN([C@@H](C(=O)N2CCOCC2)C2CCCC2)CC1. The van der Waals surface area contributed by atoms with Crippen LogP contribution in [0.25, 0.3) is 0 Å². The summed E-state index contributed by atoms with van der Waals surface area (Å²) in [6.45, 7) is 7.33. The van der Waals surface area contributed by atoms with Gasteiger partial charge in [0.15, 0.2) is 0 Å². The van der Waals surface area contributed by atoms with Gasteiger partial charge >= 0.3 is 5.97 Å². The Hall–Kier alpha value is -1.67. The summed E-state index contributed by atoms with van der Waals surface area (Å²) in [5.41, 5.74) is 0. The summed E-state index contributed by atoms with van der Waals surface area (Å²) in [6, 6.07) is -0.0765. The molecular weight excluding hydrogens is 374 g/mol. The molecule has 29 heavy (non-hydrogen) atoms. The van der Waals surface area contributed by atoms with Crippen LogP contribution in [0.4, 0.5) is 0 Å². The third kappa shape index (κ3) is 5.92. The van der Waals surface area contributed by atoms with Gasteiger partial charge in [-0.05, 0) is 25.7 Å². The van der Waals surface area contributed by atoms with Gasteiger partial charge in [0.25, 0.3) is 0 Å². The van der Waals surface area contributed by atoms with Crippen LogP contribution >= 0.6 is 0 Å². The Labute approximate surface area is 173 Å². The number of nitrogens with zero attached hydrogens (tertiary/aromatic N) is 3. The van der Waals surface area contributed by atoms with Gasteiger partial charge in [-0.25, -0.2) is 0 Å². The zero-order valence-corrected chi connectivity index (χ0v) is 17.6. The summed E-state index contributed by atoms with van der Waals surface area (Å²) >= 11 is 0. The summed E-state index contributed by atoms with van der Waals surface area (Å²) < 4.78 is 10.3. The molecular formula is C21H35N3O5. The first-order valence-corrected chi connectivity index (χ1v) is 11.1. The number of piperazine rings is 1. The number of carbonyl (C=O) groups is 3. The van der Waals surface area contributed by atoms with Crippen molar-refractivity contribution in [1.82, 2.24) is 14.7 Å². The summed E-state index contributed by atoms with van der Waals surface area (Å²) in [5, 5.41) is 0. The number of hydrogen-bond donors (Lipinski definition) is 0. The monoisotopic (exact) mass is 409 g/mol. The van der Waals surface area contributed by atoms with Gasteiger partial charge in [-0.15, -0.1) is 0 Å². The van der Waals surface area contributed by atoms with Crippen LogP contribution in [-0.2, 0) is 23.9 Å². The van der Waals surface area contributed by atoms with E-state index in [0.29, 0.717) is 65.0 Å². The fourth-order valence-corrected chi connectivity index (χ4v) is 4.75. The molecule has 0 unspecified atom stereocenters. The van der Waals surface area contributed by atoms with Gasteiger partial charge in [0.2, 0.25) is 11.8 Å². The van der Waals surface area contributed by atoms with E-state index in [-0.39, 0.29) is 36.7 Å². The number of hydrogen-bond acceptors (Lipinski definition) is 6. The van der Waals surface area contributed by atoms with E-state index < -0.39 is 0 Å². The summed E-state index contributed by atoms with van der Waals surface area (Å²) in [6.07, 6.45) is 4.94. The molecule has 2 heterocycles. The van der Waals surface area contributed by atoms with Crippen LogP contribution in [0.2, 0.25) is 0 Å². The molecule has 2 saturated heterocycles. The smallest absolute Gasteiger partial charge is 0.306 e. The van der Waals surface area contributed by atoms with E-state index in [4.69, 9.17) is 9.47 Å². The minimum absolute atomic E-state index is 0.00498. The highest BCUT2D eigenvalue weighted by molar-refractivity contribution is 5.83. The average Bonchev–Trinajstić information content (AvgIpc) is 3.28. The predicted molar refractivity (Wildman–Crippen MR) is 107 cm³/mol. The van der Waals surface area contributed by atoms with Crippen LogP contribution in [0.1, 0.15) is 45.4 Å². The maximum absolute atomic E-state index is 13.3. The van der Waals surface area contributed by atoms with Crippen molar-refractivity contribution in [2.45, 2.75) is 51.5 Å². The Morgan fingerprint density at radius 2 is 1.59 bits per heavy atom. The van der Waals surface area contributed by atoms with E-state index in [1.54, 1.807) is 6.92 Å². The van der Waals surface area contributed by atoms with E-state index in [2.05, 4.69) is 4.90 Å². The van der Waals surface area contributed by atoms with Crippen LogP contribution in [0.3, 0.4) is 0 Å². The van der Waals surface area contributed by atoms with Crippen molar-refractivity contribution in [2.24, 2.45) is 5.92 Å². The minimum atomic E-state index is -0.322. The largest absolute Gasteiger partial charge is 0.466 e. The first-order valence-electron chi connectivity index (χ1n) is 11.1. The number of amides is 2. The molecule has 0 N–H and O–H groups in total. The van der Waals surface area contributed by atoms with Gasteiger partial charge in [-0.3, -0.25) is 19.3 Å². The van der Waals surface area contributed by atoms with E-state index in [9.17, 15) is 14.4 Å². The fourth-order valence-electron chi connectivity index (χ4n) is 4.75.